The summed E-state index contributed by atoms with van der Waals surface area (Å²) in [6.07, 6.45) is 6.84. The van der Waals surface area contributed by atoms with Gasteiger partial charge in [-0.25, -0.2) is 0 Å². The summed E-state index contributed by atoms with van der Waals surface area (Å²) >= 11 is 1.49. The summed E-state index contributed by atoms with van der Waals surface area (Å²) in [5.74, 6) is 0.680. The molecule has 0 saturated carbocycles. The Balaban J connectivity index is 1.88. The Hall–Kier alpha value is -2.93. The molecule has 0 atom stereocenters. The van der Waals surface area contributed by atoms with E-state index >= 15 is 0 Å². The molecule has 3 rings (SSSR count). The van der Waals surface area contributed by atoms with Crippen molar-refractivity contribution in [1.29, 1.82) is 0 Å². The van der Waals surface area contributed by atoms with Crippen LogP contribution in [0.4, 0.5) is 0 Å². The number of hydrogen-bond donors (Lipinski definition) is 2. The van der Waals surface area contributed by atoms with Gasteiger partial charge in [0.25, 0.3) is 11.1 Å². The molecule has 0 amide bonds. The first-order valence-electron chi connectivity index (χ1n) is 8.34. The number of nitrogens with zero attached hydrogens (tertiary/aromatic N) is 1. The van der Waals surface area contributed by atoms with Crippen molar-refractivity contribution in [3.8, 4) is 5.75 Å². The van der Waals surface area contributed by atoms with Gasteiger partial charge < -0.3 is 14.7 Å². The number of unbranched alkanes of at least 4 members (excludes halogenated alkanes) is 1. The van der Waals surface area contributed by atoms with Gasteiger partial charge in [0.2, 0.25) is 0 Å². The smallest absolute Gasteiger partial charge is 0.272 e. The lowest BCUT2D eigenvalue weighted by Crippen LogP contribution is -2.46. The lowest BCUT2D eigenvalue weighted by molar-refractivity contribution is 0.308. The molecule has 0 unspecified atom stereocenters. The highest BCUT2D eigenvalue weighted by molar-refractivity contribution is 7.10. The van der Waals surface area contributed by atoms with Crippen LogP contribution in [0.15, 0.2) is 45.4 Å². The van der Waals surface area contributed by atoms with Crippen LogP contribution in [0.5, 0.6) is 5.75 Å². The average molecular weight is 369 g/mol. The van der Waals surface area contributed by atoms with E-state index in [1.807, 2.05) is 17.5 Å². The standard InChI is InChI=1S/C19H19N3O3S/c1-2-3-8-25-14-7-6-13(20-12-14)10-16-18(23)22-17(19(24)21-16)11-15-5-4-9-26-15/h4-7,9-12H,2-3,8H2,1H3,(H,21,24)(H,22,23). The van der Waals surface area contributed by atoms with Gasteiger partial charge in [-0.05, 0) is 42.2 Å². The molecule has 2 N–H and O–H groups in total. The third-order valence-electron chi connectivity index (χ3n) is 3.63. The van der Waals surface area contributed by atoms with Gasteiger partial charge >= 0.3 is 0 Å². The molecular weight excluding hydrogens is 350 g/mol. The monoisotopic (exact) mass is 369 g/mol. The van der Waals surface area contributed by atoms with Crippen molar-refractivity contribution in [2.45, 2.75) is 19.8 Å². The van der Waals surface area contributed by atoms with Crippen LogP contribution >= 0.6 is 11.3 Å². The normalized spacial score (nSPS) is 12.5. The second kappa shape index (κ2) is 8.44. The highest BCUT2D eigenvalue weighted by Gasteiger charge is 1.99. The first kappa shape index (κ1) is 17.9. The van der Waals surface area contributed by atoms with Gasteiger partial charge in [0, 0.05) is 4.88 Å². The second-order valence-corrected chi connectivity index (χ2v) is 6.64. The lowest BCUT2D eigenvalue weighted by atomic mass is 10.3. The first-order chi connectivity index (χ1) is 12.7. The van der Waals surface area contributed by atoms with Crippen molar-refractivity contribution < 1.29 is 4.74 Å². The van der Waals surface area contributed by atoms with Crippen molar-refractivity contribution in [2.75, 3.05) is 6.61 Å². The van der Waals surface area contributed by atoms with Crippen LogP contribution in [-0.4, -0.2) is 21.6 Å². The van der Waals surface area contributed by atoms with Gasteiger partial charge in [0.1, 0.15) is 16.4 Å². The Bertz CT molecular complexity index is 1080. The molecule has 0 saturated heterocycles. The summed E-state index contributed by atoms with van der Waals surface area (Å²) in [6, 6.07) is 7.28. The van der Waals surface area contributed by atoms with E-state index in [2.05, 4.69) is 21.9 Å². The molecule has 0 aliphatic heterocycles. The predicted molar refractivity (Wildman–Crippen MR) is 103 cm³/mol. The maximum Gasteiger partial charge on any atom is 0.272 e. The topological polar surface area (TPSA) is 87.8 Å². The molecule has 3 heterocycles. The Morgan fingerprint density at radius 3 is 2.50 bits per heavy atom. The van der Waals surface area contributed by atoms with E-state index < -0.39 is 0 Å². The molecule has 3 aromatic rings. The van der Waals surface area contributed by atoms with E-state index in [0.717, 1.165) is 17.7 Å². The molecule has 7 heteroatoms. The van der Waals surface area contributed by atoms with Crippen LogP contribution in [0, 0.1) is 0 Å². The van der Waals surface area contributed by atoms with E-state index in [1.54, 1.807) is 24.4 Å². The Morgan fingerprint density at radius 1 is 1.12 bits per heavy atom. The first-order valence-corrected chi connectivity index (χ1v) is 9.22. The predicted octanol–water partition coefficient (Wildman–Crippen LogP) is 1.36. The van der Waals surface area contributed by atoms with Crippen LogP contribution in [0.3, 0.4) is 0 Å². The maximum absolute atomic E-state index is 12.2. The van der Waals surface area contributed by atoms with Gasteiger partial charge in [-0.15, -0.1) is 11.3 Å². The van der Waals surface area contributed by atoms with Crippen LogP contribution < -0.4 is 26.6 Å². The van der Waals surface area contributed by atoms with E-state index in [1.165, 1.54) is 17.4 Å². The summed E-state index contributed by atoms with van der Waals surface area (Å²) in [4.78, 5) is 34.8. The fourth-order valence-corrected chi connectivity index (χ4v) is 2.91. The summed E-state index contributed by atoms with van der Waals surface area (Å²) in [6.45, 7) is 2.75. The van der Waals surface area contributed by atoms with Crippen LogP contribution in [0.25, 0.3) is 12.2 Å². The molecule has 134 valence electrons. The minimum atomic E-state index is -0.377. The minimum absolute atomic E-state index is 0.158. The number of hydrogen-bond acceptors (Lipinski definition) is 5. The number of H-pyrrole nitrogens is 2. The summed E-state index contributed by atoms with van der Waals surface area (Å²) in [7, 11) is 0. The van der Waals surface area contributed by atoms with E-state index in [0.29, 0.717) is 18.1 Å². The molecular formula is C19H19N3O3S. The summed E-state index contributed by atoms with van der Waals surface area (Å²) in [5, 5.41) is 2.29. The molecule has 0 aromatic carbocycles. The Labute approximate surface area is 153 Å². The van der Waals surface area contributed by atoms with Crippen LogP contribution in [0.2, 0.25) is 0 Å². The molecule has 0 aliphatic rings. The molecule has 0 fully saturated rings. The third kappa shape index (κ3) is 4.58. The molecule has 6 nitrogen and oxygen atoms in total. The number of thiophene rings is 1. The van der Waals surface area contributed by atoms with Crippen molar-refractivity contribution >= 4 is 23.5 Å². The Morgan fingerprint density at radius 2 is 1.88 bits per heavy atom. The number of nitrogens with one attached hydrogen (secondary N) is 2. The second-order valence-electron chi connectivity index (χ2n) is 5.66. The summed E-state index contributed by atoms with van der Waals surface area (Å²) < 4.78 is 5.55. The van der Waals surface area contributed by atoms with Crippen molar-refractivity contribution in [3.05, 3.63) is 77.8 Å². The highest BCUT2D eigenvalue weighted by Crippen LogP contribution is 2.10. The van der Waals surface area contributed by atoms with Crippen molar-refractivity contribution in [2.24, 2.45) is 0 Å². The van der Waals surface area contributed by atoms with Gasteiger partial charge in [0.15, 0.2) is 0 Å². The van der Waals surface area contributed by atoms with Gasteiger partial charge in [0.05, 0.1) is 18.5 Å². The number of aromatic nitrogens is 3. The van der Waals surface area contributed by atoms with Gasteiger partial charge in [-0.3, -0.25) is 14.6 Å². The number of rotatable bonds is 6. The van der Waals surface area contributed by atoms with Crippen LogP contribution in [-0.2, 0) is 0 Å². The zero-order valence-corrected chi connectivity index (χ0v) is 15.1. The van der Waals surface area contributed by atoms with Gasteiger partial charge in [-0.2, -0.15) is 0 Å². The zero-order chi connectivity index (χ0) is 18.4. The Kier molecular flexibility index (Phi) is 5.80. The van der Waals surface area contributed by atoms with Crippen molar-refractivity contribution in [3.63, 3.8) is 0 Å². The number of aromatic amines is 2. The molecule has 0 bridgehead atoms. The van der Waals surface area contributed by atoms with Gasteiger partial charge in [-0.1, -0.05) is 19.4 Å². The molecule has 3 aromatic heterocycles. The van der Waals surface area contributed by atoms with Crippen LogP contribution in [0.1, 0.15) is 30.3 Å². The lowest BCUT2D eigenvalue weighted by Gasteiger charge is -2.04. The SMILES string of the molecule is CCCCOc1ccc(C=c2[nH]c(=O)c(=Cc3cccs3)[nH]c2=O)nc1. The fraction of sp³-hybridized carbons (Fsp3) is 0.211. The van der Waals surface area contributed by atoms with E-state index in [9.17, 15) is 9.59 Å². The minimum Gasteiger partial charge on any atom is -0.492 e. The maximum atomic E-state index is 12.2. The molecule has 0 radical (unpaired) electrons. The van der Waals surface area contributed by atoms with E-state index in [4.69, 9.17) is 4.74 Å². The average Bonchev–Trinajstić information content (AvgIpc) is 3.14. The fourth-order valence-electron chi connectivity index (χ4n) is 2.26. The quantitative estimate of drug-likeness (QED) is 0.642. The third-order valence-corrected chi connectivity index (χ3v) is 4.45. The van der Waals surface area contributed by atoms with E-state index in [-0.39, 0.29) is 21.8 Å². The molecule has 0 aliphatic carbocycles. The number of ether oxygens (including phenoxy) is 1. The summed E-state index contributed by atoms with van der Waals surface area (Å²) in [5.41, 5.74) is -0.176. The highest BCUT2D eigenvalue weighted by atomic mass is 32.1. The zero-order valence-electron chi connectivity index (χ0n) is 14.3. The molecule has 0 spiro atoms. The largest absolute Gasteiger partial charge is 0.492 e. The molecule has 26 heavy (non-hydrogen) atoms. The number of pyridine rings is 1. The van der Waals surface area contributed by atoms with Crippen molar-refractivity contribution in [1.82, 2.24) is 15.0 Å².